The molecule has 0 aliphatic rings. The zero-order valence-electron chi connectivity index (χ0n) is 27.2. The Balaban J connectivity index is 1.88. The molecule has 3 rings (SSSR count). The topological polar surface area (TPSA) is 78.4 Å². The average Bonchev–Trinajstić information content (AvgIpc) is 3.03. The van der Waals surface area contributed by atoms with Crippen LogP contribution in [0.2, 0.25) is 0 Å². The van der Waals surface area contributed by atoms with Gasteiger partial charge in [0, 0.05) is 18.7 Å². The quantitative estimate of drug-likeness (QED) is 0.107. The maximum absolute atomic E-state index is 13.7. The van der Waals surface area contributed by atoms with Crippen LogP contribution in [0.5, 0.6) is 0 Å². The number of carbonyl (C=O) groups excluding carboxylic acids is 2. The predicted octanol–water partition coefficient (Wildman–Crippen LogP) is 7.72. The van der Waals surface area contributed by atoms with Crippen LogP contribution in [-0.2, 0) is 14.3 Å². The van der Waals surface area contributed by atoms with Crippen molar-refractivity contribution in [2.24, 2.45) is 11.3 Å². The molecule has 3 aromatic carbocycles. The summed E-state index contributed by atoms with van der Waals surface area (Å²) in [7, 11) is 1.60. The number of likely N-dealkylation sites (N-methyl/N-ethyl adjacent to an activating group) is 1. The van der Waals surface area contributed by atoms with Gasteiger partial charge in [0.05, 0.1) is 10.9 Å². The van der Waals surface area contributed by atoms with Crippen LogP contribution in [-0.4, -0.2) is 41.9 Å². The van der Waals surface area contributed by atoms with Crippen LogP contribution >= 0.6 is 11.8 Å². The van der Waals surface area contributed by atoms with E-state index in [0.29, 0.717) is 18.6 Å². The van der Waals surface area contributed by atoms with E-state index in [2.05, 4.69) is 90.4 Å². The van der Waals surface area contributed by atoms with Crippen molar-refractivity contribution in [3.63, 3.8) is 0 Å². The van der Waals surface area contributed by atoms with E-state index in [4.69, 9.17) is 0 Å². The maximum atomic E-state index is 13.7. The summed E-state index contributed by atoms with van der Waals surface area (Å²) >= 11 is 1.71. The molecular formula is C38H52N2O3S. The van der Waals surface area contributed by atoms with Gasteiger partial charge in [-0.2, -0.15) is 0 Å². The Hall–Kier alpha value is -3.09. The Kier molecular flexibility index (Phi) is 14.0. The molecule has 0 fully saturated rings. The molecule has 0 saturated carbocycles. The minimum atomic E-state index is -0.713. The highest BCUT2D eigenvalue weighted by molar-refractivity contribution is 8.00. The van der Waals surface area contributed by atoms with E-state index >= 15 is 0 Å². The summed E-state index contributed by atoms with van der Waals surface area (Å²) in [6.45, 7) is 8.05. The number of nitrogens with one attached hydrogen (secondary N) is 2. The second-order valence-electron chi connectivity index (χ2n) is 12.8. The van der Waals surface area contributed by atoms with E-state index in [1.807, 2.05) is 39.0 Å². The number of amides is 2. The normalized spacial score (nSPS) is 14.0. The molecule has 3 N–H and O–H groups in total. The molecule has 0 aliphatic heterocycles. The number of rotatable bonds is 17. The zero-order chi connectivity index (χ0) is 32.0. The van der Waals surface area contributed by atoms with Crippen molar-refractivity contribution in [3.05, 3.63) is 108 Å². The number of hydrogen-bond donors (Lipinski definition) is 3. The Morgan fingerprint density at radius 3 is 1.66 bits per heavy atom. The van der Waals surface area contributed by atoms with E-state index in [9.17, 15) is 14.7 Å². The lowest BCUT2D eigenvalue weighted by molar-refractivity contribution is -0.134. The molecular weight excluding hydrogens is 564 g/mol. The molecule has 0 radical (unpaired) electrons. The highest BCUT2D eigenvalue weighted by Gasteiger charge is 2.38. The van der Waals surface area contributed by atoms with Gasteiger partial charge in [0.15, 0.2) is 0 Å². The monoisotopic (exact) mass is 616 g/mol. The predicted molar refractivity (Wildman–Crippen MR) is 185 cm³/mol. The Morgan fingerprint density at radius 2 is 1.23 bits per heavy atom. The standard InChI is InChI=1S/C38H52N2O3S/c1-6-7-8-9-13-20-29(35(42)40-34(36(43)39-5)37(2,3)4)27-33(41)28-44-38(30-21-14-10-15-22-30,31-23-16-11-17-24-31)32-25-18-12-19-26-32/h10-12,14-19,21-26,29,33-34,41H,6-9,13,20,27-28H2,1-5H3,(H,39,43)(H,40,42)/t29?,33-,34+/m0/s1. The number of aliphatic hydroxyl groups excluding tert-OH is 1. The van der Waals surface area contributed by atoms with Gasteiger partial charge in [0.1, 0.15) is 6.04 Å². The van der Waals surface area contributed by atoms with Crippen molar-refractivity contribution in [2.45, 2.75) is 89.5 Å². The molecule has 44 heavy (non-hydrogen) atoms. The van der Waals surface area contributed by atoms with Crippen molar-refractivity contribution in [1.29, 1.82) is 0 Å². The summed E-state index contributed by atoms with van der Waals surface area (Å²) < 4.78 is -0.542. The van der Waals surface area contributed by atoms with Crippen molar-refractivity contribution in [1.82, 2.24) is 10.6 Å². The summed E-state index contributed by atoms with van der Waals surface area (Å²) in [5.41, 5.74) is 2.96. The van der Waals surface area contributed by atoms with Gasteiger partial charge >= 0.3 is 0 Å². The number of carbonyl (C=O) groups is 2. The van der Waals surface area contributed by atoms with Crippen molar-refractivity contribution in [2.75, 3.05) is 12.8 Å². The maximum Gasteiger partial charge on any atom is 0.242 e. The lowest BCUT2D eigenvalue weighted by atomic mass is 9.84. The molecule has 0 heterocycles. The van der Waals surface area contributed by atoms with E-state index in [1.54, 1.807) is 18.8 Å². The second kappa shape index (κ2) is 17.4. The molecule has 0 aromatic heterocycles. The molecule has 1 unspecified atom stereocenters. The Bertz CT molecular complexity index is 1160. The summed E-state index contributed by atoms with van der Waals surface area (Å²) in [6, 6.07) is 30.7. The molecule has 0 saturated heterocycles. The van der Waals surface area contributed by atoms with Gasteiger partial charge in [-0.1, -0.05) is 151 Å². The number of thioether (sulfide) groups is 1. The lowest BCUT2D eigenvalue weighted by Gasteiger charge is -2.36. The molecule has 5 nitrogen and oxygen atoms in total. The van der Waals surface area contributed by atoms with Gasteiger partial charge in [0.25, 0.3) is 0 Å². The number of benzene rings is 3. The average molecular weight is 617 g/mol. The molecule has 0 bridgehead atoms. The van der Waals surface area contributed by atoms with E-state index in [-0.39, 0.29) is 17.7 Å². The molecule has 3 aromatic rings. The Morgan fingerprint density at radius 1 is 0.750 bits per heavy atom. The number of aliphatic hydroxyl groups is 1. The van der Waals surface area contributed by atoms with Crippen molar-refractivity contribution in [3.8, 4) is 0 Å². The fourth-order valence-corrected chi connectivity index (χ4v) is 7.30. The van der Waals surface area contributed by atoms with Crippen LogP contribution in [0.25, 0.3) is 0 Å². The van der Waals surface area contributed by atoms with Crippen LogP contribution in [0.4, 0.5) is 0 Å². The Labute approximate surface area is 269 Å². The fraction of sp³-hybridized carbons (Fsp3) is 0.474. The molecule has 0 spiro atoms. The largest absolute Gasteiger partial charge is 0.392 e. The molecule has 3 atom stereocenters. The first-order valence-corrected chi connectivity index (χ1v) is 17.1. The third kappa shape index (κ3) is 9.70. The minimum Gasteiger partial charge on any atom is -0.392 e. The van der Waals surface area contributed by atoms with E-state index in [1.165, 1.54) is 6.42 Å². The van der Waals surface area contributed by atoms with Crippen LogP contribution in [0.1, 0.15) is 89.3 Å². The van der Waals surface area contributed by atoms with Gasteiger partial charge in [-0.25, -0.2) is 0 Å². The first-order chi connectivity index (χ1) is 21.1. The third-order valence-electron chi connectivity index (χ3n) is 8.28. The number of hydrogen-bond acceptors (Lipinski definition) is 4. The fourth-order valence-electron chi connectivity index (χ4n) is 5.82. The summed E-state index contributed by atoms with van der Waals surface area (Å²) in [6.07, 6.45) is 5.76. The lowest BCUT2D eigenvalue weighted by Crippen LogP contribution is -2.54. The summed E-state index contributed by atoms with van der Waals surface area (Å²) in [5.74, 6) is -0.312. The van der Waals surface area contributed by atoms with Crippen LogP contribution in [0, 0.1) is 11.3 Å². The highest BCUT2D eigenvalue weighted by Crippen LogP contribution is 2.48. The zero-order valence-corrected chi connectivity index (χ0v) is 28.0. The smallest absolute Gasteiger partial charge is 0.242 e. The first-order valence-electron chi connectivity index (χ1n) is 16.1. The van der Waals surface area contributed by atoms with Gasteiger partial charge in [-0.15, -0.1) is 11.8 Å². The second-order valence-corrected chi connectivity index (χ2v) is 14.0. The van der Waals surface area contributed by atoms with Crippen molar-refractivity contribution < 1.29 is 14.7 Å². The summed E-state index contributed by atoms with van der Waals surface area (Å²) in [5, 5.41) is 17.3. The SMILES string of the molecule is CCCCCCCC(C[C@H](O)CSC(c1ccccc1)(c1ccccc1)c1ccccc1)C(=O)N[C@H](C(=O)NC)C(C)(C)C. The molecule has 2 amide bonds. The van der Waals surface area contributed by atoms with Gasteiger partial charge in [0.2, 0.25) is 11.8 Å². The minimum absolute atomic E-state index is 0.159. The number of unbranched alkanes of at least 4 members (excludes halogenated alkanes) is 4. The van der Waals surface area contributed by atoms with Crippen LogP contribution < -0.4 is 10.6 Å². The van der Waals surface area contributed by atoms with Gasteiger partial charge < -0.3 is 15.7 Å². The summed E-state index contributed by atoms with van der Waals surface area (Å²) in [4.78, 5) is 26.4. The third-order valence-corrected chi connectivity index (χ3v) is 9.97. The van der Waals surface area contributed by atoms with Gasteiger partial charge in [-0.05, 0) is 34.9 Å². The van der Waals surface area contributed by atoms with Crippen LogP contribution in [0.3, 0.4) is 0 Å². The highest BCUT2D eigenvalue weighted by atomic mass is 32.2. The molecule has 238 valence electrons. The van der Waals surface area contributed by atoms with E-state index in [0.717, 1.165) is 42.4 Å². The first kappa shape index (κ1) is 35.4. The van der Waals surface area contributed by atoms with Crippen molar-refractivity contribution >= 4 is 23.6 Å². The molecule has 6 heteroatoms. The van der Waals surface area contributed by atoms with Gasteiger partial charge in [-0.3, -0.25) is 9.59 Å². The van der Waals surface area contributed by atoms with E-state index < -0.39 is 22.3 Å². The molecule has 0 aliphatic carbocycles. The van der Waals surface area contributed by atoms with Crippen LogP contribution in [0.15, 0.2) is 91.0 Å².